The Morgan fingerprint density at radius 1 is 1.38 bits per heavy atom. The van der Waals surface area contributed by atoms with Gasteiger partial charge >= 0.3 is 0 Å². The molecule has 1 saturated heterocycles. The highest BCUT2D eigenvalue weighted by Crippen LogP contribution is 2.26. The first-order valence-corrected chi connectivity index (χ1v) is 12.0. The van der Waals surface area contributed by atoms with Gasteiger partial charge in [0.05, 0.1) is 17.9 Å². The number of carbonyl (C=O) groups excluding carboxylic acids is 1. The summed E-state index contributed by atoms with van der Waals surface area (Å²) in [5, 5.41) is 4.68. The van der Waals surface area contributed by atoms with E-state index in [1.54, 1.807) is 35.5 Å². The van der Waals surface area contributed by atoms with E-state index in [2.05, 4.69) is 5.32 Å². The molecular formula is C17H22N2O4S3. The van der Waals surface area contributed by atoms with Gasteiger partial charge in [-0.05, 0) is 36.4 Å². The van der Waals surface area contributed by atoms with Crippen LogP contribution < -0.4 is 5.32 Å². The lowest BCUT2D eigenvalue weighted by Crippen LogP contribution is -2.45. The van der Waals surface area contributed by atoms with Crippen molar-refractivity contribution in [3.63, 3.8) is 0 Å². The predicted molar refractivity (Wildman–Crippen MR) is 104 cm³/mol. The van der Waals surface area contributed by atoms with Crippen LogP contribution in [0, 0.1) is 5.92 Å². The van der Waals surface area contributed by atoms with Crippen LogP contribution in [0.25, 0.3) is 0 Å². The zero-order valence-corrected chi connectivity index (χ0v) is 16.7. The molecule has 0 aliphatic carbocycles. The second-order valence-corrected chi connectivity index (χ2v) is 10.3. The number of piperidine rings is 1. The molecule has 1 fully saturated rings. The normalized spacial score (nSPS) is 18.7. The number of thiophene rings is 1. The van der Waals surface area contributed by atoms with Gasteiger partial charge in [0.2, 0.25) is 5.91 Å². The summed E-state index contributed by atoms with van der Waals surface area (Å²) in [5.74, 6) is 2.14. The molecule has 0 radical (unpaired) electrons. The molecule has 9 heteroatoms. The monoisotopic (exact) mass is 414 g/mol. The predicted octanol–water partition coefficient (Wildman–Crippen LogP) is 2.79. The summed E-state index contributed by atoms with van der Waals surface area (Å²) in [6.45, 7) is 1.30. The minimum absolute atomic E-state index is 0.0605. The quantitative estimate of drug-likeness (QED) is 0.672. The fourth-order valence-electron chi connectivity index (χ4n) is 2.87. The van der Waals surface area contributed by atoms with E-state index >= 15 is 0 Å². The van der Waals surface area contributed by atoms with Gasteiger partial charge in [-0.25, -0.2) is 8.42 Å². The minimum Gasteiger partial charge on any atom is -0.468 e. The molecule has 1 atom stereocenters. The van der Waals surface area contributed by atoms with Gasteiger partial charge in [-0.3, -0.25) is 4.79 Å². The van der Waals surface area contributed by atoms with Crippen molar-refractivity contribution in [1.29, 1.82) is 0 Å². The maximum atomic E-state index is 12.6. The maximum Gasteiger partial charge on any atom is 0.252 e. The third kappa shape index (κ3) is 4.91. The van der Waals surface area contributed by atoms with E-state index in [-0.39, 0.29) is 18.4 Å². The molecule has 142 valence electrons. The van der Waals surface area contributed by atoms with Crippen molar-refractivity contribution in [2.24, 2.45) is 5.92 Å². The fraction of sp³-hybridized carbons (Fsp3) is 0.471. The molecule has 1 amide bonds. The SMILES string of the molecule is O=C(NCCSCc1ccco1)[C@H]1CCCN(S(=O)(=O)c2cccs2)C1. The standard InChI is InChI=1S/C17H22N2O4S3/c20-17(18-7-11-24-13-15-5-2-9-23-15)14-4-1-8-19(12-14)26(21,22)16-6-3-10-25-16/h2-3,5-6,9-10,14H,1,4,7-8,11-13H2,(H,18,20)/t14-/m0/s1. The van der Waals surface area contributed by atoms with E-state index in [1.165, 1.54) is 15.6 Å². The summed E-state index contributed by atoms with van der Waals surface area (Å²) < 4.78 is 32.3. The number of sulfonamides is 1. The molecule has 0 aromatic carbocycles. The molecule has 0 spiro atoms. The van der Waals surface area contributed by atoms with E-state index < -0.39 is 10.0 Å². The summed E-state index contributed by atoms with van der Waals surface area (Å²) in [7, 11) is -3.48. The first kappa shape index (κ1) is 19.5. The largest absolute Gasteiger partial charge is 0.468 e. The highest BCUT2D eigenvalue weighted by atomic mass is 32.2. The Morgan fingerprint density at radius 3 is 3.00 bits per heavy atom. The molecule has 1 N–H and O–H groups in total. The Balaban J connectivity index is 1.44. The molecule has 6 nitrogen and oxygen atoms in total. The third-order valence-corrected chi connectivity index (χ3v) is 8.43. The van der Waals surface area contributed by atoms with Crippen molar-refractivity contribution in [3.05, 3.63) is 41.7 Å². The number of carbonyl (C=O) groups is 1. The Kier molecular flexibility index (Phi) is 6.80. The first-order chi connectivity index (χ1) is 12.6. The van der Waals surface area contributed by atoms with Crippen LogP contribution in [0.15, 0.2) is 44.5 Å². The molecule has 2 aromatic heterocycles. The summed E-state index contributed by atoms with van der Waals surface area (Å²) in [6, 6.07) is 7.12. The van der Waals surface area contributed by atoms with Gasteiger partial charge in [0.1, 0.15) is 9.97 Å². The fourth-order valence-corrected chi connectivity index (χ4v) is 6.29. The second-order valence-electron chi connectivity index (χ2n) is 6.06. The maximum absolute atomic E-state index is 12.6. The van der Waals surface area contributed by atoms with E-state index in [1.807, 2.05) is 12.1 Å². The Morgan fingerprint density at radius 2 is 2.27 bits per heavy atom. The topological polar surface area (TPSA) is 79.6 Å². The molecule has 3 rings (SSSR count). The summed E-state index contributed by atoms with van der Waals surface area (Å²) >= 11 is 2.90. The smallest absolute Gasteiger partial charge is 0.252 e. The minimum atomic E-state index is -3.48. The van der Waals surface area contributed by atoms with Gasteiger partial charge in [0, 0.05) is 25.4 Å². The van der Waals surface area contributed by atoms with Gasteiger partial charge in [0.25, 0.3) is 10.0 Å². The lowest BCUT2D eigenvalue weighted by Gasteiger charge is -2.30. The van der Waals surface area contributed by atoms with Crippen LogP contribution in [0.2, 0.25) is 0 Å². The van der Waals surface area contributed by atoms with Crippen molar-refractivity contribution in [1.82, 2.24) is 9.62 Å². The lowest BCUT2D eigenvalue weighted by molar-refractivity contribution is -0.125. The second kappa shape index (κ2) is 9.07. The number of thioether (sulfide) groups is 1. The molecule has 1 aliphatic heterocycles. The molecule has 0 bridgehead atoms. The van der Waals surface area contributed by atoms with Crippen LogP contribution in [-0.4, -0.2) is 44.0 Å². The molecule has 2 aromatic rings. The van der Waals surface area contributed by atoms with Gasteiger partial charge in [0.15, 0.2) is 0 Å². The lowest BCUT2D eigenvalue weighted by atomic mass is 9.99. The average Bonchev–Trinajstić information content (AvgIpc) is 3.35. The van der Waals surface area contributed by atoms with Gasteiger partial charge in [-0.15, -0.1) is 11.3 Å². The molecule has 3 heterocycles. The number of amides is 1. The van der Waals surface area contributed by atoms with Crippen molar-refractivity contribution in [2.45, 2.75) is 22.8 Å². The van der Waals surface area contributed by atoms with Crippen LogP contribution in [-0.2, 0) is 20.6 Å². The number of furan rings is 1. The summed E-state index contributed by atoms with van der Waals surface area (Å²) in [6.07, 6.45) is 3.08. The van der Waals surface area contributed by atoms with Gasteiger partial charge < -0.3 is 9.73 Å². The number of rotatable bonds is 8. The van der Waals surface area contributed by atoms with E-state index in [9.17, 15) is 13.2 Å². The third-order valence-electron chi connectivity index (χ3n) is 4.21. The first-order valence-electron chi connectivity index (χ1n) is 8.49. The molecule has 26 heavy (non-hydrogen) atoms. The van der Waals surface area contributed by atoms with Crippen molar-refractivity contribution < 1.29 is 17.6 Å². The zero-order chi connectivity index (χ0) is 18.4. The highest BCUT2D eigenvalue weighted by molar-refractivity contribution is 7.98. The Labute approximate surface area is 162 Å². The number of hydrogen-bond acceptors (Lipinski definition) is 6. The van der Waals surface area contributed by atoms with Crippen molar-refractivity contribution in [3.8, 4) is 0 Å². The summed E-state index contributed by atoms with van der Waals surface area (Å²) in [4.78, 5) is 12.4. The molecular weight excluding hydrogens is 392 g/mol. The highest BCUT2D eigenvalue weighted by Gasteiger charge is 2.33. The molecule has 1 aliphatic rings. The summed E-state index contributed by atoms with van der Waals surface area (Å²) in [5.41, 5.74) is 0. The number of hydrogen-bond donors (Lipinski definition) is 1. The zero-order valence-electron chi connectivity index (χ0n) is 14.3. The van der Waals surface area contributed by atoms with Crippen molar-refractivity contribution in [2.75, 3.05) is 25.4 Å². The Hall–Kier alpha value is -1.29. The van der Waals surface area contributed by atoms with E-state index in [0.29, 0.717) is 23.7 Å². The average molecular weight is 415 g/mol. The Bertz CT molecular complexity index is 788. The van der Waals surface area contributed by atoms with Crippen LogP contribution in [0.4, 0.5) is 0 Å². The van der Waals surface area contributed by atoms with Gasteiger partial charge in [-0.1, -0.05) is 6.07 Å². The van der Waals surface area contributed by atoms with E-state index in [4.69, 9.17) is 4.42 Å². The number of nitrogens with one attached hydrogen (secondary N) is 1. The van der Waals surface area contributed by atoms with Gasteiger partial charge in [-0.2, -0.15) is 16.1 Å². The molecule has 0 unspecified atom stereocenters. The van der Waals surface area contributed by atoms with Crippen LogP contribution >= 0.6 is 23.1 Å². The van der Waals surface area contributed by atoms with Crippen molar-refractivity contribution >= 4 is 39.0 Å². The van der Waals surface area contributed by atoms with Crippen LogP contribution in [0.3, 0.4) is 0 Å². The van der Waals surface area contributed by atoms with Crippen LogP contribution in [0.5, 0.6) is 0 Å². The number of nitrogens with zero attached hydrogens (tertiary/aromatic N) is 1. The van der Waals surface area contributed by atoms with Crippen LogP contribution in [0.1, 0.15) is 18.6 Å². The molecule has 0 saturated carbocycles. The van der Waals surface area contributed by atoms with E-state index in [0.717, 1.165) is 23.7 Å².